The van der Waals surface area contributed by atoms with Gasteiger partial charge in [-0.25, -0.2) is 9.59 Å². The average Bonchev–Trinajstić information content (AvgIpc) is 1.69. The van der Waals surface area contributed by atoms with Crippen LogP contribution in [0, 0.1) is 23.7 Å². The number of carbonyl (C=O) groups excluding carboxylic acids is 23. The van der Waals surface area contributed by atoms with Crippen molar-refractivity contribution in [2.75, 3.05) is 66.5 Å². The lowest BCUT2D eigenvalue weighted by molar-refractivity contribution is -0.197. The van der Waals surface area contributed by atoms with Gasteiger partial charge in [0, 0.05) is 179 Å². The molecule has 16 N–H and O–H groups in total. The highest BCUT2D eigenvalue weighted by Gasteiger charge is 2.42. The quantitative estimate of drug-likeness (QED) is 0.0223. The number of carbonyl (C=O) groups is 21. The maximum Gasteiger partial charge on any atom is 0.373 e. The van der Waals surface area contributed by atoms with Gasteiger partial charge in [-0.1, -0.05) is 266 Å². The van der Waals surface area contributed by atoms with E-state index < -0.39 is 107 Å². The topological polar surface area (TPSA) is 644 Å². The maximum atomic E-state index is 12.1. The first-order chi connectivity index (χ1) is 69.4. The Balaban J connectivity index is 0.000000855. The molecule has 824 valence electrons. The van der Waals surface area contributed by atoms with Crippen molar-refractivity contribution in [3.8, 4) is 0 Å². The van der Waals surface area contributed by atoms with E-state index in [1.807, 2.05) is 6.92 Å². The van der Waals surface area contributed by atoms with Crippen molar-refractivity contribution in [3.63, 3.8) is 0 Å². The van der Waals surface area contributed by atoms with Gasteiger partial charge in [0.05, 0.1) is 12.8 Å². The zero-order valence-electron chi connectivity index (χ0n) is 87.8. The molecule has 9 fully saturated rings. The Morgan fingerprint density at radius 1 is 0.297 bits per heavy atom. The highest BCUT2D eigenvalue weighted by atomic mass is 16.7. The summed E-state index contributed by atoms with van der Waals surface area (Å²) in [5.41, 5.74) is 25.7. The number of hydrogen-bond acceptors (Lipinski definition) is 27. The number of primary amides is 4. The van der Waals surface area contributed by atoms with Crippen LogP contribution in [-0.2, 0) is 120 Å². The number of nitrogens with two attached hydrogens (primary N) is 5. The van der Waals surface area contributed by atoms with Crippen LogP contribution in [0.1, 0.15) is 401 Å². The number of hydrogen-bond donors (Lipinski definition) is 11. The fourth-order valence-corrected chi connectivity index (χ4v) is 18.0. The molecule has 0 bridgehead atoms. The minimum atomic E-state index is -0.854. The molecule has 2 saturated carbocycles. The molecule has 7 saturated heterocycles. The molecule has 0 aromatic carbocycles. The Hall–Kier alpha value is -11.2. The van der Waals surface area contributed by atoms with Crippen LogP contribution in [0.5, 0.6) is 0 Å². The molecule has 0 aromatic heterocycles. The van der Waals surface area contributed by atoms with Crippen molar-refractivity contribution in [3.05, 3.63) is 0 Å². The molecule has 19 amide bonds. The van der Waals surface area contributed by atoms with E-state index in [4.69, 9.17) is 37.7 Å². The number of nitrogens with zero attached hydrogens (tertiary/aromatic N) is 7. The van der Waals surface area contributed by atoms with E-state index in [0.29, 0.717) is 94.3 Å². The van der Waals surface area contributed by atoms with Gasteiger partial charge in [0.1, 0.15) is 24.2 Å². The normalized spacial score (nSPS) is 20.5. The molecule has 0 radical (unpaired) electrons. The molecular formula is C102H175N17O26. The van der Waals surface area contributed by atoms with Crippen LogP contribution in [0.4, 0.5) is 0 Å². The van der Waals surface area contributed by atoms with Gasteiger partial charge in [-0.2, -0.15) is 14.7 Å². The van der Waals surface area contributed by atoms with Gasteiger partial charge < -0.3 is 84.5 Å². The van der Waals surface area contributed by atoms with Crippen LogP contribution in [-0.4, -0.2) is 261 Å². The molecule has 145 heavy (non-hydrogen) atoms. The summed E-state index contributed by atoms with van der Waals surface area (Å²) in [4.78, 5) is 272. The summed E-state index contributed by atoms with van der Waals surface area (Å²) < 4.78 is 0. The molecule has 9 aliphatic rings. The zero-order chi connectivity index (χ0) is 108. The van der Waals surface area contributed by atoms with Crippen LogP contribution < -0.4 is 55.3 Å². The smallest absolute Gasteiger partial charge is 0.368 e. The minimum absolute atomic E-state index is 0.00162. The highest BCUT2D eigenvalue weighted by molar-refractivity contribution is 6.03. The third-order valence-corrected chi connectivity index (χ3v) is 26.4. The Morgan fingerprint density at radius 2 is 0.469 bits per heavy atom. The number of nitrogens with one attached hydrogen (secondary N) is 5. The summed E-state index contributed by atoms with van der Waals surface area (Å²) in [6.07, 6.45) is 57.2. The first-order valence-electron chi connectivity index (χ1n) is 53.3. The molecular weight excluding hydrogens is 1880 g/mol. The third kappa shape index (κ3) is 57.5. The van der Waals surface area contributed by atoms with E-state index in [1.165, 1.54) is 265 Å². The Bertz CT molecular complexity index is 3690. The molecule has 4 unspecified atom stereocenters. The molecule has 2 aliphatic carbocycles. The van der Waals surface area contributed by atoms with Crippen LogP contribution in [0.3, 0.4) is 0 Å². The lowest BCUT2D eigenvalue weighted by atomic mass is 10.0. The van der Waals surface area contributed by atoms with Crippen molar-refractivity contribution in [2.45, 2.75) is 425 Å². The van der Waals surface area contributed by atoms with E-state index in [9.17, 15) is 101 Å². The van der Waals surface area contributed by atoms with Crippen molar-refractivity contribution in [1.29, 1.82) is 0 Å². The number of imide groups is 3. The van der Waals surface area contributed by atoms with E-state index in [-0.39, 0.29) is 179 Å². The Kier molecular flexibility index (Phi) is 72.7. The SMILES string of the molecule is C1CCCCCCCCCCCCCCCCC1.C1CCCCCCCCCCCCCCCCC1.CCC(=O)NCC1CC(=O)N([C@@H](CC)C(N)=O)C1.CC[C@@H](C(N)=O)N1CC(CNC(=O)CCC(=O)NC)CC1=O.CC[C@@H](C(N)=O)N1CC(CNC(=O)CCC(=O)ON2C(=O)CCC2=O)CC1=O.CC[C@@H](C(N)=O)N1CC(CNC(=O)CCC(=O)ON2C(=O)CCC2=O)CC1=O.CN.O=C1CCC(=O)N1O.O=C=O. The molecule has 9 rings (SSSR count). The van der Waals surface area contributed by atoms with E-state index in [2.05, 4.69) is 42.0 Å². The molecule has 0 aromatic rings. The highest BCUT2D eigenvalue weighted by Crippen LogP contribution is 2.28. The fraction of sp³-hybridized carbons (Fsp3) is 0.784. The van der Waals surface area contributed by atoms with Crippen molar-refractivity contribution < 1.29 is 125 Å². The molecule has 7 aliphatic heterocycles. The molecule has 0 spiro atoms. The summed E-state index contributed by atoms with van der Waals surface area (Å²) in [6, 6.07) is -2.41. The summed E-state index contributed by atoms with van der Waals surface area (Å²) in [5, 5.41) is 22.6. The van der Waals surface area contributed by atoms with Gasteiger partial charge in [-0.15, -0.1) is 10.1 Å². The summed E-state index contributed by atoms with van der Waals surface area (Å²) in [6.45, 7) is 11.7. The Morgan fingerprint density at radius 3 is 0.628 bits per heavy atom. The molecule has 43 nitrogen and oxygen atoms in total. The minimum Gasteiger partial charge on any atom is -0.368 e. The lowest BCUT2D eigenvalue weighted by Crippen LogP contribution is -2.45. The summed E-state index contributed by atoms with van der Waals surface area (Å²) in [7, 11) is 3.02. The fourth-order valence-electron chi connectivity index (χ4n) is 18.0. The second-order valence-corrected chi connectivity index (χ2v) is 38.0. The molecule has 7 heterocycles. The maximum absolute atomic E-state index is 12.1. The van der Waals surface area contributed by atoms with Gasteiger partial charge >= 0.3 is 18.1 Å². The molecule has 43 heteroatoms. The van der Waals surface area contributed by atoms with Crippen LogP contribution >= 0.6 is 0 Å². The van der Waals surface area contributed by atoms with Gasteiger partial charge in [0.15, 0.2) is 0 Å². The van der Waals surface area contributed by atoms with Crippen LogP contribution in [0.25, 0.3) is 0 Å². The standard InChI is InChI=1S/2C18H36.2C17H24N4O7.C14H24N4O4.C12H21N3O3.C4H5NO3.CH5N.CO2/c2*1-2-4-6-8-10-12-14-16-18-17-15-13-11-9-7-5-3-1;2*1-2-11(17(18)27)20-9-10(7-15(20)25)8-19-12(22)3-6-16(26)28-21-13(23)4-5-14(21)24;1-3-10(14(15)22)18-8-9(6-13(18)21)7-17-12(20)5-4-11(19)16-2;1-3-9(12(13)18)15-7-8(5-11(15)17)6-14-10(16)4-2;6-3-1-2-4(7)5(3)8;1-2;2-1-3/h2*1-18H2;2*10-11H,2-9H2,1H3,(H2,18,27)(H,19,22);9-10H,3-8H2,1-2H3,(H2,15,22)(H,16,19)(H,17,20);8-9H,3-7H2,1-2H3,(H2,13,18)(H,14,16);8H,1-2H2;2H2,1H3;/t;;2*10?,11-;9?,10-;8?,9-;;;/m..0000.../s1. The van der Waals surface area contributed by atoms with Gasteiger partial charge in [-0.3, -0.25) is 96.3 Å². The second kappa shape index (κ2) is 80.0. The first-order valence-corrected chi connectivity index (χ1v) is 53.3. The largest absolute Gasteiger partial charge is 0.373 e. The van der Waals surface area contributed by atoms with Crippen molar-refractivity contribution in [2.24, 2.45) is 52.3 Å². The van der Waals surface area contributed by atoms with Crippen molar-refractivity contribution >= 4 is 130 Å². The number of hydroxylamine groups is 6. The number of amides is 19. The van der Waals surface area contributed by atoms with E-state index in [1.54, 1.807) is 27.7 Å². The van der Waals surface area contributed by atoms with Gasteiger partial charge in [-0.05, 0) is 32.7 Å². The third-order valence-electron chi connectivity index (χ3n) is 26.4. The summed E-state index contributed by atoms with van der Waals surface area (Å²) >= 11 is 0. The van der Waals surface area contributed by atoms with Gasteiger partial charge in [0.2, 0.25) is 76.8 Å². The Labute approximate surface area is 856 Å². The second-order valence-electron chi connectivity index (χ2n) is 38.0. The zero-order valence-corrected chi connectivity index (χ0v) is 87.8. The van der Waals surface area contributed by atoms with Crippen molar-refractivity contribution in [1.82, 2.24) is 61.4 Å². The van der Waals surface area contributed by atoms with E-state index in [0.717, 1.165) is 0 Å². The summed E-state index contributed by atoms with van der Waals surface area (Å²) in [5.74, 6) is -9.27. The van der Waals surface area contributed by atoms with Crippen LogP contribution in [0.2, 0.25) is 0 Å². The molecule has 8 atom stereocenters. The predicted octanol–water partition coefficient (Wildman–Crippen LogP) is 8.13. The number of likely N-dealkylation sites (tertiary alicyclic amines) is 4. The lowest BCUT2D eigenvalue weighted by Gasteiger charge is -2.24. The first kappa shape index (κ1) is 132. The van der Waals surface area contributed by atoms with Gasteiger partial charge in [0.25, 0.3) is 35.4 Å². The van der Waals surface area contributed by atoms with Crippen LogP contribution in [0.15, 0.2) is 0 Å². The van der Waals surface area contributed by atoms with E-state index >= 15 is 0 Å². The average molecular weight is 2060 g/mol. The monoisotopic (exact) mass is 2050 g/mol. The predicted molar refractivity (Wildman–Crippen MR) is 535 cm³/mol. The number of rotatable bonds is 32.